The average molecular weight is 396 g/mol. The first-order chi connectivity index (χ1) is 14.1. The summed E-state index contributed by atoms with van der Waals surface area (Å²) in [4.78, 5) is 25.1. The molecule has 1 heterocycles. The van der Waals surface area contributed by atoms with Crippen molar-refractivity contribution in [3.8, 4) is 5.75 Å². The largest absolute Gasteiger partial charge is 0.492 e. The minimum Gasteiger partial charge on any atom is -0.492 e. The minimum atomic E-state index is -0.512. The molecule has 6 heteroatoms. The number of nitrogens with one attached hydrogen (secondary N) is 2. The number of carbonyl (C=O) groups is 2. The average Bonchev–Trinajstić information content (AvgIpc) is 2.76. The van der Waals surface area contributed by atoms with Gasteiger partial charge in [-0.05, 0) is 49.1 Å². The van der Waals surface area contributed by atoms with E-state index >= 15 is 0 Å². The number of para-hydroxylation sites is 1. The first kappa shape index (κ1) is 19.4. The van der Waals surface area contributed by atoms with E-state index in [4.69, 9.17) is 4.74 Å². The number of ether oxygens (including phenoxy) is 1. The van der Waals surface area contributed by atoms with Gasteiger partial charge in [-0.1, -0.05) is 37.5 Å². The van der Waals surface area contributed by atoms with Gasteiger partial charge in [0.05, 0.1) is 11.6 Å². The molecule has 0 unspecified atom stereocenters. The van der Waals surface area contributed by atoms with Crippen molar-refractivity contribution in [2.75, 3.05) is 17.2 Å². The van der Waals surface area contributed by atoms with Gasteiger partial charge >= 0.3 is 0 Å². The highest BCUT2D eigenvalue weighted by molar-refractivity contribution is 5.96. The van der Waals surface area contributed by atoms with E-state index in [1.54, 1.807) is 0 Å². The molecular weight excluding hydrogens is 371 g/mol. The third kappa shape index (κ3) is 4.58. The highest BCUT2D eigenvalue weighted by Gasteiger charge is 2.26. The lowest BCUT2D eigenvalue weighted by Crippen LogP contribution is -2.32. The van der Waals surface area contributed by atoms with Crippen molar-refractivity contribution in [3.05, 3.63) is 53.8 Å². The number of anilines is 2. The Bertz CT molecular complexity index is 909. The molecule has 2 aromatic rings. The summed E-state index contributed by atoms with van der Waals surface area (Å²) in [5.74, 6) is -0.427. The maximum Gasteiger partial charge on any atom is 0.231 e. The van der Waals surface area contributed by atoms with Crippen LogP contribution in [0.2, 0.25) is 0 Å². The molecular formula is C23H25FN2O3. The number of carbonyl (C=O) groups excluding carboxylic acids is 2. The summed E-state index contributed by atoms with van der Waals surface area (Å²) in [5.41, 5.74) is 1.55. The molecule has 2 amide bonds. The van der Waals surface area contributed by atoms with E-state index in [9.17, 15) is 14.0 Å². The topological polar surface area (TPSA) is 67.4 Å². The van der Waals surface area contributed by atoms with Gasteiger partial charge in [-0.25, -0.2) is 4.39 Å². The second-order valence-corrected chi connectivity index (χ2v) is 7.83. The van der Waals surface area contributed by atoms with E-state index in [-0.39, 0.29) is 29.3 Å². The number of halogens is 1. The van der Waals surface area contributed by atoms with Gasteiger partial charge in [-0.2, -0.15) is 0 Å². The Labute approximate surface area is 169 Å². The Hall–Kier alpha value is -2.89. The van der Waals surface area contributed by atoms with Crippen LogP contribution in [0.3, 0.4) is 0 Å². The third-order valence-corrected chi connectivity index (χ3v) is 5.72. The molecule has 29 heavy (non-hydrogen) atoms. The molecule has 1 aliphatic carbocycles. The summed E-state index contributed by atoms with van der Waals surface area (Å²) >= 11 is 0. The van der Waals surface area contributed by atoms with Gasteiger partial charge in [0.15, 0.2) is 0 Å². The van der Waals surface area contributed by atoms with Crippen LogP contribution in [0.4, 0.5) is 15.8 Å². The molecule has 1 saturated carbocycles. The van der Waals surface area contributed by atoms with E-state index in [1.807, 2.05) is 24.3 Å². The van der Waals surface area contributed by atoms with Crippen LogP contribution in [0.5, 0.6) is 5.75 Å². The number of fused-ring (bicyclic) bond motifs is 1. The molecule has 2 aromatic carbocycles. The van der Waals surface area contributed by atoms with Crippen molar-refractivity contribution in [1.29, 1.82) is 0 Å². The van der Waals surface area contributed by atoms with E-state index in [0.29, 0.717) is 18.7 Å². The Morgan fingerprint density at radius 1 is 0.931 bits per heavy atom. The fourth-order valence-electron chi connectivity index (χ4n) is 4.04. The maximum absolute atomic E-state index is 14.2. The Balaban J connectivity index is 1.41. The van der Waals surface area contributed by atoms with Gasteiger partial charge in [-0.15, -0.1) is 0 Å². The molecule has 1 fully saturated rings. The zero-order chi connectivity index (χ0) is 20.2. The summed E-state index contributed by atoms with van der Waals surface area (Å²) in [6, 6.07) is 11.9. The fraction of sp³-hybridized carbons (Fsp3) is 0.391. The smallest absolute Gasteiger partial charge is 0.231 e. The molecule has 1 atom stereocenters. The zero-order valence-corrected chi connectivity index (χ0v) is 16.2. The maximum atomic E-state index is 14.2. The van der Waals surface area contributed by atoms with Gasteiger partial charge in [0.25, 0.3) is 0 Å². The van der Waals surface area contributed by atoms with Crippen LogP contribution in [0, 0.1) is 17.7 Å². The summed E-state index contributed by atoms with van der Waals surface area (Å²) in [6.45, 7) is 0.301. The van der Waals surface area contributed by atoms with Crippen molar-refractivity contribution in [1.82, 2.24) is 0 Å². The lowest BCUT2D eigenvalue weighted by atomic mass is 9.88. The van der Waals surface area contributed by atoms with Crippen LogP contribution in [0.1, 0.15) is 37.7 Å². The third-order valence-electron chi connectivity index (χ3n) is 5.72. The Kier molecular flexibility index (Phi) is 5.79. The summed E-state index contributed by atoms with van der Waals surface area (Å²) in [7, 11) is 0. The van der Waals surface area contributed by atoms with Gasteiger partial charge in [0, 0.05) is 11.6 Å². The fourth-order valence-corrected chi connectivity index (χ4v) is 4.04. The van der Waals surface area contributed by atoms with E-state index in [2.05, 4.69) is 10.6 Å². The predicted octanol–water partition coefficient (Wildman–Crippen LogP) is 4.53. The number of benzene rings is 2. The second-order valence-electron chi connectivity index (χ2n) is 7.83. The molecule has 0 aromatic heterocycles. The van der Waals surface area contributed by atoms with Crippen molar-refractivity contribution in [3.63, 3.8) is 0 Å². The normalized spacial score (nSPS) is 19.0. The van der Waals surface area contributed by atoms with Crippen LogP contribution >= 0.6 is 0 Å². The number of hydrogen-bond donors (Lipinski definition) is 2. The van der Waals surface area contributed by atoms with Crippen LogP contribution in [0.25, 0.3) is 0 Å². The zero-order valence-electron chi connectivity index (χ0n) is 16.2. The molecule has 0 saturated heterocycles. The molecule has 2 aliphatic rings. The molecule has 0 radical (unpaired) electrons. The van der Waals surface area contributed by atoms with Gasteiger partial charge in [0.2, 0.25) is 11.8 Å². The lowest BCUT2D eigenvalue weighted by molar-refractivity contribution is -0.121. The molecule has 152 valence electrons. The van der Waals surface area contributed by atoms with Crippen molar-refractivity contribution >= 4 is 23.2 Å². The molecule has 2 N–H and O–H groups in total. The van der Waals surface area contributed by atoms with Crippen molar-refractivity contribution in [2.24, 2.45) is 11.8 Å². The summed E-state index contributed by atoms with van der Waals surface area (Å²) in [6.07, 6.45) is 5.48. The first-order valence-electron chi connectivity index (χ1n) is 10.2. The van der Waals surface area contributed by atoms with Crippen LogP contribution in [0.15, 0.2) is 42.5 Å². The standard InChI is InChI=1S/C23H25FN2O3/c24-19-11-10-18(13-20(19)26-22(27)15-6-2-1-3-7-15)25-23(28)17-12-16-8-4-5-9-21(16)29-14-17/h4-5,8-11,13,15,17H,1-3,6-7,12,14H2,(H,25,28)(H,26,27)/t17-/m1/s1. The molecule has 1 aliphatic heterocycles. The second kappa shape index (κ2) is 8.64. The minimum absolute atomic E-state index is 0.0687. The Morgan fingerprint density at radius 2 is 1.69 bits per heavy atom. The van der Waals surface area contributed by atoms with Crippen LogP contribution in [-0.2, 0) is 16.0 Å². The summed E-state index contributed by atoms with van der Waals surface area (Å²) < 4.78 is 19.9. The number of rotatable bonds is 4. The van der Waals surface area contributed by atoms with Gasteiger partial charge < -0.3 is 15.4 Å². The predicted molar refractivity (Wildman–Crippen MR) is 109 cm³/mol. The molecule has 0 bridgehead atoms. The highest BCUT2D eigenvalue weighted by atomic mass is 19.1. The Morgan fingerprint density at radius 3 is 2.52 bits per heavy atom. The van der Waals surface area contributed by atoms with Gasteiger partial charge in [-0.3, -0.25) is 9.59 Å². The highest BCUT2D eigenvalue weighted by Crippen LogP contribution is 2.29. The van der Waals surface area contributed by atoms with Crippen molar-refractivity contribution < 1.29 is 18.7 Å². The number of hydrogen-bond acceptors (Lipinski definition) is 3. The quantitative estimate of drug-likeness (QED) is 0.798. The van der Waals surface area contributed by atoms with E-state index in [1.165, 1.54) is 18.2 Å². The van der Waals surface area contributed by atoms with Crippen LogP contribution < -0.4 is 15.4 Å². The molecule has 4 rings (SSSR count). The van der Waals surface area contributed by atoms with Gasteiger partial charge in [0.1, 0.15) is 18.2 Å². The van der Waals surface area contributed by atoms with E-state index < -0.39 is 5.82 Å². The molecule has 5 nitrogen and oxygen atoms in total. The monoisotopic (exact) mass is 396 g/mol. The summed E-state index contributed by atoms with van der Waals surface area (Å²) in [5, 5.41) is 5.52. The molecule has 0 spiro atoms. The van der Waals surface area contributed by atoms with E-state index in [0.717, 1.165) is 43.4 Å². The number of amides is 2. The van der Waals surface area contributed by atoms with Crippen molar-refractivity contribution in [2.45, 2.75) is 38.5 Å². The first-order valence-corrected chi connectivity index (χ1v) is 10.2. The van der Waals surface area contributed by atoms with Crippen LogP contribution in [-0.4, -0.2) is 18.4 Å². The lowest BCUT2D eigenvalue weighted by Gasteiger charge is -2.24. The SMILES string of the molecule is O=C(Nc1cc(NC(=O)[C@H]2COc3ccccc3C2)ccc1F)C1CCCCC1.